The highest BCUT2D eigenvalue weighted by atomic mass is 16.4. The Kier molecular flexibility index (Phi) is 6.19. The number of oxazole rings is 1. The van der Waals surface area contributed by atoms with Gasteiger partial charge in [0.2, 0.25) is 0 Å². The Hall–Kier alpha value is -1.03. The Morgan fingerprint density at radius 1 is 1.33 bits per heavy atom. The summed E-state index contributed by atoms with van der Waals surface area (Å²) in [5, 5.41) is 3.09. The summed E-state index contributed by atoms with van der Waals surface area (Å²) in [5.41, 5.74) is 0.965. The number of nitrogens with zero attached hydrogens (tertiary/aromatic N) is 2. The molecule has 104 valence electrons. The lowest BCUT2D eigenvalue weighted by Gasteiger charge is -2.30. The Morgan fingerprint density at radius 3 is 2.50 bits per heavy atom. The summed E-state index contributed by atoms with van der Waals surface area (Å²) >= 11 is 0. The van der Waals surface area contributed by atoms with Crippen molar-refractivity contribution in [2.24, 2.45) is 5.92 Å². The molecule has 0 atom stereocenters. The number of rotatable bonds is 8. The smallest absolute Gasteiger partial charge is 0.297 e. The van der Waals surface area contributed by atoms with E-state index in [9.17, 15) is 0 Å². The average molecular weight is 253 g/mol. The first kappa shape index (κ1) is 15.0. The fourth-order valence-corrected chi connectivity index (χ4v) is 2.20. The lowest BCUT2D eigenvalue weighted by molar-refractivity contribution is 0.447. The molecule has 0 saturated heterocycles. The van der Waals surface area contributed by atoms with E-state index in [1.165, 1.54) is 0 Å². The number of hydrogen-bond acceptors (Lipinski definition) is 4. The molecule has 1 N–H and O–H groups in total. The molecule has 0 radical (unpaired) electrons. The summed E-state index contributed by atoms with van der Waals surface area (Å²) in [6.45, 7) is 10.6. The largest absolute Gasteiger partial charge is 0.432 e. The van der Waals surface area contributed by atoms with Gasteiger partial charge in [-0.05, 0) is 25.8 Å². The van der Waals surface area contributed by atoms with Crippen LogP contribution in [0.15, 0.2) is 10.7 Å². The molecule has 0 bridgehead atoms. The highest BCUT2D eigenvalue weighted by Crippen LogP contribution is 2.21. The minimum Gasteiger partial charge on any atom is -0.432 e. The summed E-state index contributed by atoms with van der Waals surface area (Å²) in [6, 6.07) is 1.27. The SMILES string of the molecule is CCC(CC)N(CC(C)C)c1nc(CNC)co1. The fourth-order valence-electron chi connectivity index (χ4n) is 2.20. The Bertz CT molecular complexity index is 332. The second kappa shape index (κ2) is 7.41. The zero-order chi connectivity index (χ0) is 13.5. The van der Waals surface area contributed by atoms with Crippen molar-refractivity contribution in [3.8, 4) is 0 Å². The molecule has 0 spiro atoms. The topological polar surface area (TPSA) is 41.3 Å². The van der Waals surface area contributed by atoms with Crippen molar-refractivity contribution in [3.63, 3.8) is 0 Å². The van der Waals surface area contributed by atoms with Crippen LogP contribution < -0.4 is 10.2 Å². The third-order valence-electron chi connectivity index (χ3n) is 3.09. The van der Waals surface area contributed by atoms with Crippen LogP contribution in [-0.4, -0.2) is 24.6 Å². The van der Waals surface area contributed by atoms with E-state index in [1.54, 1.807) is 6.26 Å². The molecular formula is C14H27N3O. The first-order valence-electron chi connectivity index (χ1n) is 6.97. The summed E-state index contributed by atoms with van der Waals surface area (Å²) < 4.78 is 5.64. The molecule has 0 aliphatic rings. The number of aromatic nitrogens is 1. The molecule has 0 unspecified atom stereocenters. The van der Waals surface area contributed by atoms with Crippen molar-refractivity contribution in [1.29, 1.82) is 0 Å². The minimum atomic E-state index is 0.508. The van der Waals surface area contributed by atoms with Crippen LogP contribution in [0.25, 0.3) is 0 Å². The van der Waals surface area contributed by atoms with Crippen LogP contribution in [0.2, 0.25) is 0 Å². The van der Waals surface area contributed by atoms with E-state index in [4.69, 9.17) is 4.42 Å². The maximum Gasteiger partial charge on any atom is 0.297 e. The molecule has 0 amide bonds. The molecule has 18 heavy (non-hydrogen) atoms. The third-order valence-corrected chi connectivity index (χ3v) is 3.09. The van der Waals surface area contributed by atoms with Crippen LogP contribution in [-0.2, 0) is 6.54 Å². The zero-order valence-corrected chi connectivity index (χ0v) is 12.4. The van der Waals surface area contributed by atoms with Crippen LogP contribution in [0.5, 0.6) is 0 Å². The van der Waals surface area contributed by atoms with Crippen molar-refractivity contribution in [3.05, 3.63) is 12.0 Å². The molecule has 0 aliphatic heterocycles. The molecule has 0 aromatic carbocycles. The van der Waals surface area contributed by atoms with Crippen molar-refractivity contribution in [2.45, 2.75) is 53.1 Å². The molecule has 1 heterocycles. The van der Waals surface area contributed by atoms with Gasteiger partial charge in [0.15, 0.2) is 0 Å². The van der Waals surface area contributed by atoms with E-state index in [-0.39, 0.29) is 0 Å². The molecule has 4 nitrogen and oxygen atoms in total. The van der Waals surface area contributed by atoms with Gasteiger partial charge < -0.3 is 14.6 Å². The molecule has 0 fully saturated rings. The summed E-state index contributed by atoms with van der Waals surface area (Å²) in [5.74, 6) is 0.602. The van der Waals surface area contributed by atoms with Gasteiger partial charge >= 0.3 is 0 Å². The van der Waals surface area contributed by atoms with Crippen molar-refractivity contribution in [2.75, 3.05) is 18.5 Å². The average Bonchev–Trinajstić information content (AvgIpc) is 2.78. The molecular weight excluding hydrogens is 226 g/mol. The van der Waals surface area contributed by atoms with E-state index in [0.717, 1.165) is 37.6 Å². The lowest BCUT2D eigenvalue weighted by atomic mass is 10.1. The number of anilines is 1. The quantitative estimate of drug-likeness (QED) is 0.773. The monoisotopic (exact) mass is 253 g/mol. The Morgan fingerprint density at radius 2 is 2.00 bits per heavy atom. The first-order chi connectivity index (χ1) is 8.62. The fraction of sp³-hybridized carbons (Fsp3) is 0.786. The van der Waals surface area contributed by atoms with Gasteiger partial charge in [-0.25, -0.2) is 0 Å². The second-order valence-electron chi connectivity index (χ2n) is 5.17. The lowest BCUT2D eigenvalue weighted by Crippen LogP contribution is -2.37. The molecule has 1 rings (SSSR count). The molecule has 0 saturated carbocycles. The van der Waals surface area contributed by atoms with Crippen LogP contribution in [0.4, 0.5) is 6.01 Å². The maximum atomic E-state index is 5.64. The van der Waals surface area contributed by atoms with Crippen molar-refractivity contribution >= 4 is 6.01 Å². The maximum absolute atomic E-state index is 5.64. The Balaban J connectivity index is 2.85. The predicted octanol–water partition coefficient (Wildman–Crippen LogP) is 3.05. The van der Waals surface area contributed by atoms with Gasteiger partial charge in [-0.15, -0.1) is 0 Å². The van der Waals surface area contributed by atoms with Gasteiger partial charge in [-0.1, -0.05) is 27.7 Å². The molecule has 1 aromatic rings. The third kappa shape index (κ3) is 4.02. The normalized spacial score (nSPS) is 11.5. The van der Waals surface area contributed by atoms with Crippen molar-refractivity contribution in [1.82, 2.24) is 10.3 Å². The predicted molar refractivity (Wildman–Crippen MR) is 75.8 cm³/mol. The van der Waals surface area contributed by atoms with Gasteiger partial charge in [-0.2, -0.15) is 4.98 Å². The standard InChI is InChI=1S/C14H27N3O/c1-6-13(7-2)17(9-11(3)4)14-16-12(8-15-5)10-18-14/h10-11,13,15H,6-9H2,1-5H3. The van der Waals surface area contributed by atoms with E-state index in [0.29, 0.717) is 12.0 Å². The van der Waals surface area contributed by atoms with E-state index < -0.39 is 0 Å². The van der Waals surface area contributed by atoms with Crippen LogP contribution in [0.3, 0.4) is 0 Å². The van der Waals surface area contributed by atoms with Gasteiger partial charge in [0.1, 0.15) is 6.26 Å². The molecule has 1 aromatic heterocycles. The number of nitrogens with one attached hydrogen (secondary N) is 1. The van der Waals surface area contributed by atoms with Gasteiger partial charge in [0.05, 0.1) is 5.69 Å². The highest BCUT2D eigenvalue weighted by Gasteiger charge is 2.21. The molecule has 4 heteroatoms. The zero-order valence-electron chi connectivity index (χ0n) is 12.4. The van der Waals surface area contributed by atoms with Gasteiger partial charge in [-0.3, -0.25) is 0 Å². The summed E-state index contributed by atoms with van der Waals surface area (Å²) in [6.07, 6.45) is 3.99. The van der Waals surface area contributed by atoms with E-state index in [1.807, 2.05) is 7.05 Å². The van der Waals surface area contributed by atoms with Crippen LogP contribution in [0, 0.1) is 5.92 Å². The Labute approximate surface area is 111 Å². The van der Waals surface area contributed by atoms with Crippen molar-refractivity contribution < 1.29 is 4.42 Å². The highest BCUT2D eigenvalue weighted by molar-refractivity contribution is 5.29. The first-order valence-corrected chi connectivity index (χ1v) is 6.97. The van der Waals surface area contributed by atoms with Crippen LogP contribution >= 0.6 is 0 Å². The van der Waals surface area contributed by atoms with Gasteiger partial charge in [0.25, 0.3) is 6.01 Å². The van der Waals surface area contributed by atoms with E-state index in [2.05, 4.69) is 42.9 Å². The molecule has 0 aliphatic carbocycles. The second-order valence-corrected chi connectivity index (χ2v) is 5.17. The summed E-state index contributed by atoms with van der Waals surface area (Å²) in [7, 11) is 1.92. The van der Waals surface area contributed by atoms with E-state index >= 15 is 0 Å². The number of hydrogen-bond donors (Lipinski definition) is 1. The van der Waals surface area contributed by atoms with Gasteiger partial charge in [0, 0.05) is 19.1 Å². The van der Waals surface area contributed by atoms with Crippen LogP contribution in [0.1, 0.15) is 46.2 Å². The summed E-state index contributed by atoms with van der Waals surface area (Å²) in [4.78, 5) is 6.88. The minimum absolute atomic E-state index is 0.508.